The third kappa shape index (κ3) is 1.69. The number of nitrogens with zero attached hydrogens (tertiary/aromatic N) is 1. The molecule has 2 atom stereocenters. The van der Waals surface area contributed by atoms with Crippen LogP contribution in [-0.4, -0.2) is 36.1 Å². The minimum Gasteiger partial charge on any atom is -0.299 e. The molecule has 25 heavy (non-hydrogen) atoms. The summed E-state index contributed by atoms with van der Waals surface area (Å²) in [5, 5.41) is 0. The Hall–Kier alpha value is -2.26. The standard InChI is InChI=1S/C22H21NO2/c1-20-13-23-14-21(18(20)24,16-8-4-2-5-9-16)12-22(15-23,19(20)25)17-10-6-3-7-11-17/h2-11H,12-15H2,1H3. The van der Waals surface area contributed by atoms with Crippen molar-refractivity contribution in [3.05, 3.63) is 71.8 Å². The summed E-state index contributed by atoms with van der Waals surface area (Å²) in [4.78, 5) is 29.4. The SMILES string of the molecule is CC12CN3CC(c4ccccc4)(CC(c4ccccc4)(C3)C1=O)C2=O. The van der Waals surface area contributed by atoms with E-state index in [1.54, 1.807) is 0 Å². The van der Waals surface area contributed by atoms with E-state index in [9.17, 15) is 9.59 Å². The van der Waals surface area contributed by atoms with E-state index in [4.69, 9.17) is 0 Å². The summed E-state index contributed by atoms with van der Waals surface area (Å²) in [6.45, 7) is 3.89. The fourth-order valence-corrected chi connectivity index (χ4v) is 5.78. The molecule has 4 bridgehead atoms. The van der Waals surface area contributed by atoms with Crippen molar-refractivity contribution in [3.63, 3.8) is 0 Å². The Bertz CT molecular complexity index is 808. The summed E-state index contributed by atoms with van der Waals surface area (Å²) in [6, 6.07) is 20.2. The topological polar surface area (TPSA) is 37.4 Å². The summed E-state index contributed by atoms with van der Waals surface area (Å²) >= 11 is 0. The van der Waals surface area contributed by atoms with Gasteiger partial charge in [-0.2, -0.15) is 0 Å². The number of piperidine rings is 3. The first-order valence-corrected chi connectivity index (χ1v) is 8.95. The van der Waals surface area contributed by atoms with Crippen molar-refractivity contribution < 1.29 is 9.59 Å². The number of ketones is 2. The quantitative estimate of drug-likeness (QED) is 0.794. The molecular weight excluding hydrogens is 310 g/mol. The van der Waals surface area contributed by atoms with Gasteiger partial charge in [-0.05, 0) is 24.5 Å². The Morgan fingerprint density at radius 3 is 1.60 bits per heavy atom. The second-order valence-electron chi connectivity index (χ2n) is 8.21. The van der Waals surface area contributed by atoms with E-state index in [1.807, 2.05) is 43.3 Å². The van der Waals surface area contributed by atoms with E-state index in [0.29, 0.717) is 13.0 Å². The van der Waals surface area contributed by atoms with E-state index >= 15 is 0 Å². The largest absolute Gasteiger partial charge is 0.299 e. The van der Waals surface area contributed by atoms with Gasteiger partial charge in [0, 0.05) is 19.6 Å². The molecule has 6 rings (SSSR count). The van der Waals surface area contributed by atoms with Crippen LogP contribution in [0, 0.1) is 5.41 Å². The first-order valence-electron chi connectivity index (χ1n) is 8.95. The number of carbonyl (C=O) groups excluding carboxylic acids is 2. The number of carbonyl (C=O) groups is 2. The van der Waals surface area contributed by atoms with Gasteiger partial charge in [0.25, 0.3) is 0 Å². The van der Waals surface area contributed by atoms with Crippen LogP contribution < -0.4 is 0 Å². The fourth-order valence-electron chi connectivity index (χ4n) is 5.78. The number of hydrogen-bond acceptors (Lipinski definition) is 3. The Balaban J connectivity index is 1.77. The zero-order chi connectivity index (χ0) is 17.3. The van der Waals surface area contributed by atoms with Crippen molar-refractivity contribution in [1.82, 2.24) is 4.90 Å². The van der Waals surface area contributed by atoms with Gasteiger partial charge in [0.2, 0.25) is 0 Å². The van der Waals surface area contributed by atoms with Gasteiger partial charge in [-0.3, -0.25) is 14.5 Å². The van der Waals surface area contributed by atoms with Crippen LogP contribution >= 0.6 is 0 Å². The lowest BCUT2D eigenvalue weighted by Crippen LogP contribution is -2.79. The number of hydrogen-bond donors (Lipinski definition) is 0. The summed E-state index contributed by atoms with van der Waals surface area (Å²) in [6.07, 6.45) is 0.595. The Morgan fingerprint density at radius 1 is 0.720 bits per heavy atom. The molecule has 1 saturated carbocycles. The molecule has 3 aliphatic heterocycles. The van der Waals surface area contributed by atoms with Gasteiger partial charge in [0.05, 0.1) is 16.2 Å². The van der Waals surface area contributed by atoms with Crippen LogP contribution in [0.1, 0.15) is 24.5 Å². The Kier molecular flexibility index (Phi) is 2.81. The molecule has 1 aliphatic carbocycles. The van der Waals surface area contributed by atoms with Crippen LogP contribution in [0.25, 0.3) is 0 Å². The molecule has 4 aliphatic rings. The predicted octanol–water partition coefficient (Wildman–Crippen LogP) is 2.74. The molecule has 0 amide bonds. The second-order valence-corrected chi connectivity index (χ2v) is 8.21. The molecule has 2 unspecified atom stereocenters. The Labute approximate surface area is 147 Å². The van der Waals surface area contributed by atoms with Crippen LogP contribution in [-0.2, 0) is 20.4 Å². The lowest BCUT2D eigenvalue weighted by molar-refractivity contribution is -0.172. The minimum absolute atomic E-state index is 0.124. The molecule has 3 nitrogen and oxygen atoms in total. The maximum atomic E-state index is 13.6. The van der Waals surface area contributed by atoms with Crippen molar-refractivity contribution >= 4 is 11.6 Å². The molecule has 4 fully saturated rings. The molecule has 3 saturated heterocycles. The third-order valence-electron chi connectivity index (χ3n) is 6.65. The molecule has 0 N–H and O–H groups in total. The van der Waals surface area contributed by atoms with Gasteiger partial charge >= 0.3 is 0 Å². The molecule has 0 radical (unpaired) electrons. The molecule has 0 spiro atoms. The van der Waals surface area contributed by atoms with Gasteiger partial charge in [-0.25, -0.2) is 0 Å². The average molecular weight is 331 g/mol. The summed E-state index contributed by atoms with van der Waals surface area (Å²) < 4.78 is 0. The molecule has 3 heterocycles. The van der Waals surface area contributed by atoms with Crippen molar-refractivity contribution in [1.29, 1.82) is 0 Å². The fraction of sp³-hybridized carbons (Fsp3) is 0.364. The lowest BCUT2D eigenvalue weighted by atomic mass is 9.44. The van der Waals surface area contributed by atoms with Crippen molar-refractivity contribution in [2.75, 3.05) is 19.6 Å². The molecule has 0 aromatic heterocycles. The highest BCUT2D eigenvalue weighted by molar-refractivity contribution is 6.19. The molecule has 3 heteroatoms. The summed E-state index contributed by atoms with van der Waals surface area (Å²) in [5.74, 6) is 0.248. The predicted molar refractivity (Wildman–Crippen MR) is 95.4 cm³/mol. The molecular formula is C22H21NO2. The molecule has 2 aromatic rings. The average Bonchev–Trinajstić information content (AvgIpc) is 2.65. The van der Waals surface area contributed by atoms with Gasteiger partial charge < -0.3 is 0 Å². The van der Waals surface area contributed by atoms with E-state index < -0.39 is 16.2 Å². The van der Waals surface area contributed by atoms with E-state index in [2.05, 4.69) is 29.2 Å². The number of benzene rings is 2. The summed E-state index contributed by atoms with van der Waals surface area (Å²) in [5.41, 5.74) is 0.0688. The highest BCUT2D eigenvalue weighted by Gasteiger charge is 2.72. The van der Waals surface area contributed by atoms with E-state index in [1.165, 1.54) is 0 Å². The highest BCUT2D eigenvalue weighted by Crippen LogP contribution is 2.59. The monoisotopic (exact) mass is 331 g/mol. The van der Waals surface area contributed by atoms with Crippen LogP contribution in [0.5, 0.6) is 0 Å². The van der Waals surface area contributed by atoms with Gasteiger partial charge in [-0.15, -0.1) is 0 Å². The smallest absolute Gasteiger partial charge is 0.159 e. The van der Waals surface area contributed by atoms with Crippen molar-refractivity contribution in [2.45, 2.75) is 24.2 Å². The van der Waals surface area contributed by atoms with Crippen LogP contribution in [0.15, 0.2) is 60.7 Å². The zero-order valence-electron chi connectivity index (χ0n) is 14.4. The zero-order valence-corrected chi connectivity index (χ0v) is 14.4. The maximum Gasteiger partial charge on any atom is 0.159 e. The maximum absolute atomic E-state index is 13.6. The molecule has 2 aromatic carbocycles. The summed E-state index contributed by atoms with van der Waals surface area (Å²) in [7, 11) is 0. The van der Waals surface area contributed by atoms with Crippen LogP contribution in [0.3, 0.4) is 0 Å². The van der Waals surface area contributed by atoms with E-state index in [0.717, 1.165) is 24.2 Å². The van der Waals surface area contributed by atoms with Gasteiger partial charge in [0.15, 0.2) is 11.6 Å². The van der Waals surface area contributed by atoms with Gasteiger partial charge in [0.1, 0.15) is 0 Å². The normalized spacial score (nSPS) is 39.0. The Morgan fingerprint density at radius 2 is 1.16 bits per heavy atom. The second kappa shape index (κ2) is 4.67. The van der Waals surface area contributed by atoms with E-state index in [-0.39, 0.29) is 11.6 Å². The first-order chi connectivity index (χ1) is 12.0. The number of rotatable bonds is 2. The minimum atomic E-state index is -0.902. The first kappa shape index (κ1) is 15.0. The molecule has 126 valence electrons. The van der Waals surface area contributed by atoms with Crippen LogP contribution in [0.4, 0.5) is 0 Å². The lowest BCUT2D eigenvalue weighted by Gasteiger charge is -2.64. The van der Waals surface area contributed by atoms with Crippen molar-refractivity contribution in [3.8, 4) is 0 Å². The van der Waals surface area contributed by atoms with Crippen LogP contribution in [0.2, 0.25) is 0 Å². The highest BCUT2D eigenvalue weighted by atomic mass is 16.2. The third-order valence-corrected chi connectivity index (χ3v) is 6.65. The number of Topliss-reactive ketones (excluding diaryl/α,β-unsaturated/α-hetero) is 2. The van der Waals surface area contributed by atoms with Gasteiger partial charge in [-0.1, -0.05) is 60.7 Å². The van der Waals surface area contributed by atoms with Crippen molar-refractivity contribution in [2.24, 2.45) is 5.41 Å².